The number of amides is 1. The summed E-state index contributed by atoms with van der Waals surface area (Å²) in [6, 6.07) is 1.96. The van der Waals surface area contributed by atoms with Crippen LogP contribution in [0.4, 0.5) is 0 Å². The Kier molecular flexibility index (Phi) is 3.76. The highest BCUT2D eigenvalue weighted by Gasteiger charge is 2.30. The normalized spacial score (nSPS) is 18.4. The van der Waals surface area contributed by atoms with Crippen molar-refractivity contribution in [3.05, 3.63) is 23.2 Å². The molecule has 1 aliphatic rings. The van der Waals surface area contributed by atoms with Gasteiger partial charge in [0.15, 0.2) is 0 Å². The molecule has 0 bridgehead atoms. The van der Waals surface area contributed by atoms with E-state index in [9.17, 15) is 4.79 Å². The van der Waals surface area contributed by atoms with Crippen LogP contribution in [0.25, 0.3) is 0 Å². The Morgan fingerprint density at radius 3 is 2.72 bits per heavy atom. The summed E-state index contributed by atoms with van der Waals surface area (Å²) in [6.45, 7) is 5.80. The van der Waals surface area contributed by atoms with Crippen LogP contribution in [0.5, 0.6) is 0 Å². The standard InChI is InChI=1S/C14H22N2O2/c1-8-6-12(10(3)18-8)9(2)16-14(17)7-13(15)11-4-5-11/h6,9,11,13H,4-5,7,15H2,1-3H3,(H,16,17). The molecule has 1 aliphatic carbocycles. The molecule has 2 rings (SSSR count). The van der Waals surface area contributed by atoms with Crippen LogP contribution in [0.3, 0.4) is 0 Å². The zero-order valence-electron chi connectivity index (χ0n) is 11.3. The van der Waals surface area contributed by atoms with Crippen molar-refractivity contribution < 1.29 is 9.21 Å². The summed E-state index contributed by atoms with van der Waals surface area (Å²) in [4.78, 5) is 11.9. The van der Waals surface area contributed by atoms with E-state index in [0.29, 0.717) is 12.3 Å². The summed E-state index contributed by atoms with van der Waals surface area (Å²) in [6.07, 6.45) is 2.76. The average Bonchev–Trinajstić information content (AvgIpc) is 3.04. The third kappa shape index (κ3) is 3.13. The molecule has 4 nitrogen and oxygen atoms in total. The molecule has 1 aromatic heterocycles. The minimum Gasteiger partial charge on any atom is -0.466 e. The van der Waals surface area contributed by atoms with Crippen molar-refractivity contribution in [1.82, 2.24) is 5.32 Å². The fourth-order valence-corrected chi connectivity index (χ4v) is 2.36. The van der Waals surface area contributed by atoms with E-state index in [1.54, 1.807) is 0 Å². The smallest absolute Gasteiger partial charge is 0.222 e. The molecule has 1 amide bonds. The minimum atomic E-state index is -0.0265. The Balaban J connectivity index is 1.88. The largest absolute Gasteiger partial charge is 0.466 e. The van der Waals surface area contributed by atoms with Gasteiger partial charge in [-0.1, -0.05) is 0 Å². The van der Waals surface area contributed by atoms with E-state index < -0.39 is 0 Å². The summed E-state index contributed by atoms with van der Waals surface area (Å²) < 4.78 is 5.47. The lowest BCUT2D eigenvalue weighted by molar-refractivity contribution is -0.122. The van der Waals surface area contributed by atoms with Crippen molar-refractivity contribution in [1.29, 1.82) is 0 Å². The molecule has 0 radical (unpaired) electrons. The highest BCUT2D eigenvalue weighted by atomic mass is 16.3. The number of nitrogens with two attached hydrogens (primary N) is 1. The number of rotatable bonds is 5. The van der Waals surface area contributed by atoms with Crippen LogP contribution in [0.15, 0.2) is 10.5 Å². The van der Waals surface area contributed by atoms with Gasteiger partial charge in [0.25, 0.3) is 0 Å². The molecule has 1 saturated carbocycles. The Morgan fingerprint density at radius 1 is 1.56 bits per heavy atom. The molecule has 4 heteroatoms. The second-order valence-corrected chi connectivity index (χ2v) is 5.36. The second-order valence-electron chi connectivity index (χ2n) is 5.36. The van der Waals surface area contributed by atoms with Gasteiger partial charge in [-0.05, 0) is 45.6 Å². The SMILES string of the molecule is Cc1cc(C(C)NC(=O)CC(N)C2CC2)c(C)o1. The number of hydrogen-bond acceptors (Lipinski definition) is 3. The number of carbonyl (C=O) groups is 1. The molecule has 2 unspecified atom stereocenters. The number of furan rings is 1. The van der Waals surface area contributed by atoms with Crippen LogP contribution < -0.4 is 11.1 Å². The van der Waals surface area contributed by atoms with E-state index >= 15 is 0 Å². The van der Waals surface area contributed by atoms with E-state index in [1.807, 2.05) is 26.8 Å². The number of nitrogens with one attached hydrogen (secondary N) is 1. The van der Waals surface area contributed by atoms with Gasteiger partial charge in [0.2, 0.25) is 5.91 Å². The summed E-state index contributed by atoms with van der Waals surface area (Å²) in [5.74, 6) is 2.33. The number of hydrogen-bond donors (Lipinski definition) is 2. The van der Waals surface area contributed by atoms with Crippen molar-refractivity contribution in [2.45, 2.75) is 52.1 Å². The quantitative estimate of drug-likeness (QED) is 0.841. The maximum absolute atomic E-state index is 11.9. The lowest BCUT2D eigenvalue weighted by Crippen LogP contribution is -2.34. The van der Waals surface area contributed by atoms with Gasteiger partial charge in [0, 0.05) is 18.0 Å². The maximum Gasteiger partial charge on any atom is 0.222 e. The molecule has 18 heavy (non-hydrogen) atoms. The number of carbonyl (C=O) groups excluding carboxylic acids is 1. The first-order valence-electron chi connectivity index (χ1n) is 6.59. The fourth-order valence-electron chi connectivity index (χ4n) is 2.36. The summed E-state index contributed by atoms with van der Waals surface area (Å²) in [5, 5.41) is 2.98. The van der Waals surface area contributed by atoms with Crippen LogP contribution in [-0.4, -0.2) is 11.9 Å². The van der Waals surface area contributed by atoms with Crippen LogP contribution >= 0.6 is 0 Å². The van der Waals surface area contributed by atoms with Crippen LogP contribution in [0.1, 0.15) is 49.3 Å². The highest BCUT2D eigenvalue weighted by Crippen LogP contribution is 2.32. The molecule has 3 N–H and O–H groups in total. The van der Waals surface area contributed by atoms with Crippen LogP contribution in [0.2, 0.25) is 0 Å². The zero-order valence-corrected chi connectivity index (χ0v) is 11.3. The van der Waals surface area contributed by atoms with Gasteiger partial charge in [-0.2, -0.15) is 0 Å². The molecule has 1 fully saturated rings. The van der Waals surface area contributed by atoms with Crippen molar-refractivity contribution in [3.8, 4) is 0 Å². The van der Waals surface area contributed by atoms with E-state index in [-0.39, 0.29) is 18.0 Å². The third-order valence-electron chi connectivity index (χ3n) is 3.57. The van der Waals surface area contributed by atoms with Gasteiger partial charge in [-0.25, -0.2) is 0 Å². The molecule has 1 heterocycles. The topological polar surface area (TPSA) is 68.3 Å². The van der Waals surface area contributed by atoms with Gasteiger partial charge in [0.1, 0.15) is 11.5 Å². The van der Waals surface area contributed by atoms with Crippen LogP contribution in [0, 0.1) is 19.8 Å². The van der Waals surface area contributed by atoms with E-state index in [1.165, 1.54) is 12.8 Å². The molecule has 1 aromatic rings. The Labute approximate surface area is 108 Å². The molecular formula is C14H22N2O2. The predicted octanol–water partition coefficient (Wildman–Crippen LogP) is 2.20. The molecule has 2 atom stereocenters. The summed E-state index contributed by atoms with van der Waals surface area (Å²) in [5.41, 5.74) is 6.99. The van der Waals surface area contributed by atoms with Gasteiger partial charge in [-0.3, -0.25) is 4.79 Å². The second kappa shape index (κ2) is 5.14. The first-order chi connectivity index (χ1) is 8.47. The predicted molar refractivity (Wildman–Crippen MR) is 70.1 cm³/mol. The van der Waals surface area contributed by atoms with Gasteiger partial charge in [-0.15, -0.1) is 0 Å². The van der Waals surface area contributed by atoms with Gasteiger partial charge >= 0.3 is 0 Å². The third-order valence-corrected chi connectivity index (χ3v) is 3.57. The summed E-state index contributed by atoms with van der Waals surface area (Å²) in [7, 11) is 0. The van der Waals surface area contributed by atoms with Crippen molar-refractivity contribution in [2.75, 3.05) is 0 Å². The molecule has 0 aliphatic heterocycles. The van der Waals surface area contributed by atoms with Crippen LogP contribution in [-0.2, 0) is 4.79 Å². The van der Waals surface area contributed by atoms with Crippen molar-refractivity contribution in [2.24, 2.45) is 11.7 Å². The lowest BCUT2D eigenvalue weighted by atomic mass is 10.1. The Hall–Kier alpha value is -1.29. The van der Waals surface area contributed by atoms with E-state index in [0.717, 1.165) is 17.1 Å². The van der Waals surface area contributed by atoms with E-state index in [4.69, 9.17) is 10.2 Å². The monoisotopic (exact) mass is 250 g/mol. The maximum atomic E-state index is 11.9. The molecule has 0 spiro atoms. The summed E-state index contributed by atoms with van der Waals surface area (Å²) >= 11 is 0. The first-order valence-corrected chi connectivity index (χ1v) is 6.59. The molecule has 0 aromatic carbocycles. The molecule has 0 saturated heterocycles. The Morgan fingerprint density at radius 2 is 2.22 bits per heavy atom. The van der Waals surface area contributed by atoms with E-state index in [2.05, 4.69) is 5.32 Å². The van der Waals surface area contributed by atoms with Gasteiger partial charge in [0.05, 0.1) is 6.04 Å². The molecule has 100 valence electrons. The van der Waals surface area contributed by atoms with Crippen molar-refractivity contribution >= 4 is 5.91 Å². The fraction of sp³-hybridized carbons (Fsp3) is 0.643. The zero-order chi connectivity index (χ0) is 13.3. The number of aryl methyl sites for hydroxylation is 2. The minimum absolute atomic E-state index is 0.0179. The Bertz CT molecular complexity index is 435. The lowest BCUT2D eigenvalue weighted by Gasteiger charge is -2.15. The first kappa shape index (κ1) is 13.1. The van der Waals surface area contributed by atoms with Gasteiger partial charge < -0.3 is 15.5 Å². The average molecular weight is 250 g/mol. The molecular weight excluding hydrogens is 228 g/mol. The van der Waals surface area contributed by atoms with Crippen molar-refractivity contribution in [3.63, 3.8) is 0 Å². The highest BCUT2D eigenvalue weighted by molar-refractivity contribution is 5.77.